The molecule has 0 aliphatic heterocycles. The van der Waals surface area contributed by atoms with Gasteiger partial charge in [0.05, 0.1) is 16.3 Å². The first-order valence-electron chi connectivity index (χ1n) is 10.1. The van der Waals surface area contributed by atoms with Gasteiger partial charge < -0.3 is 5.32 Å². The molecule has 7 heteroatoms. The summed E-state index contributed by atoms with van der Waals surface area (Å²) in [5.41, 5.74) is 4.31. The average molecular weight is 411 g/mol. The van der Waals surface area contributed by atoms with Crippen molar-refractivity contribution in [1.29, 1.82) is 0 Å². The number of carbonyl (C=O) groups is 1. The molecule has 0 unspecified atom stereocenters. The summed E-state index contributed by atoms with van der Waals surface area (Å²) < 4.78 is 1.54. The SMILES string of the molecule is CC(C)=CCC/C(C)=C/CNC(=O)c1cc(C(C)C)nn1-c1ccc([N+](=O)[O-])cc1. The number of benzene rings is 1. The van der Waals surface area contributed by atoms with Crippen LogP contribution in [0, 0.1) is 10.1 Å². The van der Waals surface area contributed by atoms with Crippen molar-refractivity contribution in [2.24, 2.45) is 0 Å². The molecule has 2 aromatic rings. The minimum absolute atomic E-state index is 0.00489. The average Bonchev–Trinajstić information content (AvgIpc) is 3.13. The monoisotopic (exact) mass is 410 g/mol. The molecule has 0 spiro atoms. The fourth-order valence-electron chi connectivity index (χ4n) is 2.85. The van der Waals surface area contributed by atoms with E-state index in [4.69, 9.17) is 0 Å². The lowest BCUT2D eigenvalue weighted by Gasteiger charge is -2.08. The maximum absolute atomic E-state index is 12.8. The number of nitro benzene ring substituents is 1. The number of amides is 1. The van der Waals surface area contributed by atoms with E-state index in [0.29, 0.717) is 17.9 Å². The summed E-state index contributed by atoms with van der Waals surface area (Å²) in [4.78, 5) is 23.3. The summed E-state index contributed by atoms with van der Waals surface area (Å²) >= 11 is 0. The van der Waals surface area contributed by atoms with Crippen LogP contribution in [0.2, 0.25) is 0 Å². The molecule has 0 bridgehead atoms. The highest BCUT2D eigenvalue weighted by Gasteiger charge is 2.18. The summed E-state index contributed by atoms with van der Waals surface area (Å²) in [6.45, 7) is 10.7. The molecule has 160 valence electrons. The standard InChI is InChI=1S/C23H30N4O3/c1-16(2)7-6-8-18(5)13-14-24-23(28)22-15-21(17(3)4)25-26(22)19-9-11-20(12-10-19)27(29)30/h7,9-13,15,17H,6,8,14H2,1-5H3,(H,24,28)/b18-13+. The lowest BCUT2D eigenvalue weighted by Crippen LogP contribution is -2.26. The number of nitrogens with zero attached hydrogens (tertiary/aromatic N) is 3. The van der Waals surface area contributed by atoms with Crippen LogP contribution in [-0.4, -0.2) is 27.2 Å². The Bertz CT molecular complexity index is 949. The predicted octanol–water partition coefficient (Wildman–Crippen LogP) is 5.33. The smallest absolute Gasteiger partial charge is 0.270 e. The molecule has 2 rings (SSSR count). The van der Waals surface area contributed by atoms with Gasteiger partial charge in [0, 0.05) is 18.7 Å². The topological polar surface area (TPSA) is 90.1 Å². The lowest BCUT2D eigenvalue weighted by atomic mass is 10.1. The quantitative estimate of drug-likeness (QED) is 0.344. The van der Waals surface area contributed by atoms with Crippen LogP contribution in [-0.2, 0) is 0 Å². The van der Waals surface area contributed by atoms with Crippen LogP contribution in [0.4, 0.5) is 5.69 Å². The Balaban J connectivity index is 2.16. The molecule has 0 aliphatic rings. The maximum atomic E-state index is 12.8. The molecule has 0 saturated carbocycles. The van der Waals surface area contributed by atoms with Crippen LogP contribution < -0.4 is 5.32 Å². The minimum Gasteiger partial charge on any atom is -0.347 e. The molecule has 30 heavy (non-hydrogen) atoms. The molecule has 0 fully saturated rings. The zero-order valence-corrected chi connectivity index (χ0v) is 18.3. The number of rotatable bonds is 9. The Hall–Kier alpha value is -3.22. The number of hydrogen-bond acceptors (Lipinski definition) is 4. The highest BCUT2D eigenvalue weighted by atomic mass is 16.6. The molecule has 1 N–H and O–H groups in total. The van der Waals surface area contributed by atoms with Gasteiger partial charge in [0.25, 0.3) is 11.6 Å². The first kappa shape index (κ1) is 23.1. The molecule has 0 aliphatic carbocycles. The minimum atomic E-state index is -0.452. The van der Waals surface area contributed by atoms with Crippen LogP contribution in [0.25, 0.3) is 5.69 Å². The van der Waals surface area contributed by atoms with Gasteiger partial charge in [-0.2, -0.15) is 5.10 Å². The van der Waals surface area contributed by atoms with E-state index in [1.165, 1.54) is 23.3 Å². The summed E-state index contributed by atoms with van der Waals surface area (Å²) in [7, 11) is 0. The molecular formula is C23H30N4O3. The second kappa shape index (κ2) is 10.5. The zero-order chi connectivity index (χ0) is 22.3. The molecule has 1 aromatic carbocycles. The fraction of sp³-hybridized carbons (Fsp3) is 0.391. The Kier molecular flexibility index (Phi) is 8.09. The van der Waals surface area contributed by atoms with Crippen LogP contribution in [0.1, 0.15) is 69.6 Å². The number of nitro groups is 1. The number of allylic oxidation sites excluding steroid dienone is 3. The Morgan fingerprint density at radius 2 is 1.87 bits per heavy atom. The first-order valence-corrected chi connectivity index (χ1v) is 10.1. The zero-order valence-electron chi connectivity index (χ0n) is 18.3. The van der Waals surface area contributed by atoms with Crippen molar-refractivity contribution in [3.05, 3.63) is 75.1 Å². The van der Waals surface area contributed by atoms with Crippen LogP contribution in [0.3, 0.4) is 0 Å². The van der Waals surface area contributed by atoms with Gasteiger partial charge in [0.1, 0.15) is 5.69 Å². The third-order valence-corrected chi connectivity index (χ3v) is 4.66. The maximum Gasteiger partial charge on any atom is 0.270 e. The molecule has 1 amide bonds. The molecule has 0 atom stereocenters. The Morgan fingerprint density at radius 1 is 1.20 bits per heavy atom. The van der Waals surface area contributed by atoms with Crippen LogP contribution in [0.5, 0.6) is 0 Å². The number of hydrogen-bond donors (Lipinski definition) is 1. The number of nitrogens with one attached hydrogen (secondary N) is 1. The van der Waals surface area contributed by atoms with Crippen LogP contribution in [0.15, 0.2) is 53.6 Å². The predicted molar refractivity (Wildman–Crippen MR) is 119 cm³/mol. The second-order valence-electron chi connectivity index (χ2n) is 7.88. The van der Waals surface area contributed by atoms with Gasteiger partial charge in [-0.15, -0.1) is 0 Å². The van der Waals surface area contributed by atoms with Gasteiger partial charge in [0.2, 0.25) is 0 Å². The molecule has 0 saturated heterocycles. The summed E-state index contributed by atoms with van der Waals surface area (Å²) in [6, 6.07) is 7.78. The fourth-order valence-corrected chi connectivity index (χ4v) is 2.85. The van der Waals surface area contributed by atoms with E-state index in [0.717, 1.165) is 18.5 Å². The van der Waals surface area contributed by atoms with E-state index < -0.39 is 4.92 Å². The summed E-state index contributed by atoms with van der Waals surface area (Å²) in [6.07, 6.45) is 6.17. The van der Waals surface area contributed by atoms with E-state index in [2.05, 4.69) is 37.3 Å². The number of carbonyl (C=O) groups excluding carboxylic acids is 1. The van der Waals surface area contributed by atoms with Crippen molar-refractivity contribution in [1.82, 2.24) is 15.1 Å². The third kappa shape index (κ3) is 6.40. The summed E-state index contributed by atoms with van der Waals surface area (Å²) in [5, 5.41) is 18.4. The van der Waals surface area contributed by atoms with Gasteiger partial charge in [-0.25, -0.2) is 4.68 Å². The Labute approximate surface area is 177 Å². The van der Waals surface area contributed by atoms with Crippen LogP contribution >= 0.6 is 0 Å². The van der Waals surface area contributed by atoms with E-state index in [1.807, 2.05) is 19.9 Å². The normalized spacial score (nSPS) is 11.5. The highest BCUT2D eigenvalue weighted by Crippen LogP contribution is 2.20. The lowest BCUT2D eigenvalue weighted by molar-refractivity contribution is -0.384. The van der Waals surface area contributed by atoms with Gasteiger partial charge in [0.15, 0.2) is 0 Å². The van der Waals surface area contributed by atoms with Gasteiger partial charge >= 0.3 is 0 Å². The van der Waals surface area contributed by atoms with E-state index in [9.17, 15) is 14.9 Å². The molecular weight excluding hydrogens is 380 g/mol. The van der Waals surface area contributed by atoms with E-state index >= 15 is 0 Å². The largest absolute Gasteiger partial charge is 0.347 e. The van der Waals surface area contributed by atoms with Crippen molar-refractivity contribution >= 4 is 11.6 Å². The van der Waals surface area contributed by atoms with Crippen molar-refractivity contribution in [2.75, 3.05) is 6.54 Å². The Morgan fingerprint density at radius 3 is 2.43 bits per heavy atom. The number of non-ortho nitro benzene ring substituents is 1. The van der Waals surface area contributed by atoms with Gasteiger partial charge in [-0.3, -0.25) is 14.9 Å². The number of aromatic nitrogens is 2. The molecule has 1 aromatic heterocycles. The van der Waals surface area contributed by atoms with E-state index in [-0.39, 0.29) is 17.5 Å². The van der Waals surface area contributed by atoms with Crippen molar-refractivity contribution in [2.45, 2.75) is 53.4 Å². The third-order valence-electron chi connectivity index (χ3n) is 4.66. The van der Waals surface area contributed by atoms with Crippen molar-refractivity contribution in [3.63, 3.8) is 0 Å². The highest BCUT2D eigenvalue weighted by molar-refractivity contribution is 5.93. The van der Waals surface area contributed by atoms with Gasteiger partial charge in [-0.1, -0.05) is 37.1 Å². The van der Waals surface area contributed by atoms with E-state index in [1.54, 1.807) is 22.9 Å². The molecule has 7 nitrogen and oxygen atoms in total. The molecule has 0 radical (unpaired) electrons. The second-order valence-corrected chi connectivity index (χ2v) is 7.88. The molecule has 1 heterocycles. The van der Waals surface area contributed by atoms with Crippen molar-refractivity contribution in [3.8, 4) is 5.69 Å². The van der Waals surface area contributed by atoms with Gasteiger partial charge in [-0.05, 0) is 57.7 Å². The first-order chi connectivity index (χ1) is 14.2. The van der Waals surface area contributed by atoms with Crippen molar-refractivity contribution < 1.29 is 9.72 Å². The summed E-state index contributed by atoms with van der Waals surface area (Å²) in [5.74, 6) is -0.0887.